The largest absolute Gasteiger partial charge is 0.390 e. The predicted octanol–water partition coefficient (Wildman–Crippen LogP) is 1.11. The van der Waals surface area contributed by atoms with Gasteiger partial charge in [-0.3, -0.25) is 4.68 Å². The Morgan fingerprint density at radius 1 is 1.58 bits per heavy atom. The first-order chi connectivity index (χ1) is 5.63. The van der Waals surface area contributed by atoms with Gasteiger partial charge < -0.3 is 5.11 Å². The summed E-state index contributed by atoms with van der Waals surface area (Å²) in [7, 11) is 1.88. The topological polar surface area (TPSA) is 38.0 Å². The lowest BCUT2D eigenvalue weighted by Crippen LogP contribution is -1.97. The van der Waals surface area contributed by atoms with Crippen molar-refractivity contribution in [3.8, 4) is 0 Å². The Bertz CT molecular complexity index is 253. The highest BCUT2D eigenvalue weighted by Crippen LogP contribution is 2.11. The number of aryl methyl sites for hydroxylation is 1. The summed E-state index contributed by atoms with van der Waals surface area (Å²) < 4.78 is 1.75. The summed E-state index contributed by atoms with van der Waals surface area (Å²) in [6, 6.07) is 0. The summed E-state index contributed by atoms with van der Waals surface area (Å²) in [6.07, 6.45) is 2.97. The SMILES string of the molecule is CC(C)Cc1cn(C)nc1CO. The highest BCUT2D eigenvalue weighted by atomic mass is 16.3. The average molecular weight is 168 g/mol. The van der Waals surface area contributed by atoms with Crippen molar-refractivity contribution in [1.29, 1.82) is 0 Å². The maximum absolute atomic E-state index is 8.97. The number of hydrogen-bond donors (Lipinski definition) is 1. The molecule has 1 heterocycles. The molecule has 3 heteroatoms. The number of rotatable bonds is 3. The Kier molecular flexibility index (Phi) is 2.87. The van der Waals surface area contributed by atoms with Gasteiger partial charge in [0.15, 0.2) is 0 Å². The number of nitrogens with zero attached hydrogens (tertiary/aromatic N) is 2. The van der Waals surface area contributed by atoms with Gasteiger partial charge in [-0.15, -0.1) is 0 Å². The van der Waals surface area contributed by atoms with E-state index in [4.69, 9.17) is 5.11 Å². The standard InChI is InChI=1S/C9H16N2O/c1-7(2)4-8-5-11(3)10-9(8)6-12/h5,7,12H,4,6H2,1-3H3. The van der Waals surface area contributed by atoms with Crippen LogP contribution in [0.25, 0.3) is 0 Å². The number of hydrogen-bond acceptors (Lipinski definition) is 2. The summed E-state index contributed by atoms with van der Waals surface area (Å²) in [6.45, 7) is 4.37. The van der Waals surface area contributed by atoms with E-state index in [0.717, 1.165) is 17.7 Å². The van der Waals surface area contributed by atoms with Crippen LogP contribution in [0.1, 0.15) is 25.1 Å². The number of aromatic nitrogens is 2. The third-order valence-corrected chi connectivity index (χ3v) is 1.77. The van der Waals surface area contributed by atoms with Crippen LogP contribution in [0, 0.1) is 5.92 Å². The van der Waals surface area contributed by atoms with Gasteiger partial charge in [-0.25, -0.2) is 0 Å². The predicted molar refractivity (Wildman–Crippen MR) is 47.7 cm³/mol. The van der Waals surface area contributed by atoms with Crippen molar-refractivity contribution in [2.75, 3.05) is 0 Å². The summed E-state index contributed by atoms with van der Waals surface area (Å²) in [5.41, 5.74) is 1.97. The van der Waals surface area contributed by atoms with Gasteiger partial charge in [-0.2, -0.15) is 5.10 Å². The summed E-state index contributed by atoms with van der Waals surface area (Å²) in [5, 5.41) is 13.1. The molecule has 0 atom stereocenters. The van der Waals surface area contributed by atoms with E-state index < -0.39 is 0 Å². The second kappa shape index (κ2) is 3.72. The molecule has 3 nitrogen and oxygen atoms in total. The van der Waals surface area contributed by atoms with Crippen molar-refractivity contribution in [3.05, 3.63) is 17.5 Å². The molecular weight excluding hydrogens is 152 g/mol. The zero-order chi connectivity index (χ0) is 9.14. The molecule has 1 aromatic rings. The minimum absolute atomic E-state index is 0.0445. The molecule has 1 N–H and O–H groups in total. The van der Waals surface area contributed by atoms with Crippen LogP contribution in [-0.4, -0.2) is 14.9 Å². The molecule has 0 unspecified atom stereocenters. The van der Waals surface area contributed by atoms with Crippen LogP contribution in [0.2, 0.25) is 0 Å². The zero-order valence-electron chi connectivity index (χ0n) is 7.91. The van der Waals surface area contributed by atoms with E-state index in [-0.39, 0.29) is 6.61 Å². The van der Waals surface area contributed by atoms with Crippen LogP contribution in [0.15, 0.2) is 6.20 Å². The highest BCUT2D eigenvalue weighted by Gasteiger charge is 2.07. The Hall–Kier alpha value is -0.830. The normalized spacial score (nSPS) is 11.1. The van der Waals surface area contributed by atoms with Crippen LogP contribution >= 0.6 is 0 Å². The van der Waals surface area contributed by atoms with Crippen LogP contribution < -0.4 is 0 Å². The van der Waals surface area contributed by atoms with Gasteiger partial charge in [0, 0.05) is 13.2 Å². The van der Waals surface area contributed by atoms with Crippen molar-refractivity contribution < 1.29 is 5.11 Å². The minimum atomic E-state index is 0.0445. The first-order valence-corrected chi connectivity index (χ1v) is 4.25. The number of aliphatic hydroxyl groups is 1. The zero-order valence-corrected chi connectivity index (χ0v) is 7.91. The van der Waals surface area contributed by atoms with Crippen molar-refractivity contribution in [2.24, 2.45) is 13.0 Å². The quantitative estimate of drug-likeness (QED) is 0.734. The molecule has 0 radical (unpaired) electrons. The fraction of sp³-hybridized carbons (Fsp3) is 0.667. The molecule has 0 bridgehead atoms. The van der Waals surface area contributed by atoms with Crippen molar-refractivity contribution in [1.82, 2.24) is 9.78 Å². The first kappa shape index (κ1) is 9.26. The maximum atomic E-state index is 8.97. The fourth-order valence-electron chi connectivity index (χ4n) is 1.33. The minimum Gasteiger partial charge on any atom is -0.390 e. The molecule has 0 aliphatic carbocycles. The monoisotopic (exact) mass is 168 g/mol. The molecule has 0 saturated carbocycles. The van der Waals surface area contributed by atoms with E-state index in [1.807, 2.05) is 13.2 Å². The van der Waals surface area contributed by atoms with Crippen molar-refractivity contribution in [3.63, 3.8) is 0 Å². The van der Waals surface area contributed by atoms with E-state index in [1.165, 1.54) is 0 Å². The molecule has 1 rings (SSSR count). The average Bonchev–Trinajstić information content (AvgIpc) is 2.29. The molecule has 0 amide bonds. The number of aliphatic hydroxyl groups excluding tert-OH is 1. The first-order valence-electron chi connectivity index (χ1n) is 4.25. The van der Waals surface area contributed by atoms with Crippen LogP contribution in [0.5, 0.6) is 0 Å². The molecule has 0 saturated heterocycles. The lowest BCUT2D eigenvalue weighted by atomic mass is 10.0. The smallest absolute Gasteiger partial charge is 0.0910 e. The lowest BCUT2D eigenvalue weighted by Gasteiger charge is -2.02. The van der Waals surface area contributed by atoms with Crippen molar-refractivity contribution in [2.45, 2.75) is 26.9 Å². The maximum Gasteiger partial charge on any atom is 0.0910 e. The molecule has 12 heavy (non-hydrogen) atoms. The van der Waals surface area contributed by atoms with Gasteiger partial charge >= 0.3 is 0 Å². The van der Waals surface area contributed by atoms with E-state index in [9.17, 15) is 0 Å². The highest BCUT2D eigenvalue weighted by molar-refractivity contribution is 5.16. The van der Waals surface area contributed by atoms with E-state index >= 15 is 0 Å². The van der Waals surface area contributed by atoms with E-state index in [0.29, 0.717) is 5.92 Å². The summed E-state index contributed by atoms with van der Waals surface area (Å²) >= 11 is 0. The Morgan fingerprint density at radius 2 is 2.25 bits per heavy atom. The second-order valence-electron chi connectivity index (χ2n) is 3.53. The molecule has 0 aliphatic rings. The summed E-state index contributed by atoms with van der Waals surface area (Å²) in [4.78, 5) is 0. The van der Waals surface area contributed by atoms with E-state index in [1.54, 1.807) is 4.68 Å². The molecule has 0 spiro atoms. The Labute approximate surface area is 73.0 Å². The van der Waals surface area contributed by atoms with Gasteiger partial charge in [0.2, 0.25) is 0 Å². The van der Waals surface area contributed by atoms with Crippen LogP contribution in [0.4, 0.5) is 0 Å². The Balaban J connectivity index is 2.81. The second-order valence-corrected chi connectivity index (χ2v) is 3.53. The van der Waals surface area contributed by atoms with Gasteiger partial charge in [0.1, 0.15) is 0 Å². The van der Waals surface area contributed by atoms with Crippen molar-refractivity contribution >= 4 is 0 Å². The molecule has 1 aromatic heterocycles. The molecule has 0 aromatic carbocycles. The molecule has 0 aliphatic heterocycles. The molecule has 68 valence electrons. The van der Waals surface area contributed by atoms with Gasteiger partial charge in [-0.05, 0) is 17.9 Å². The van der Waals surface area contributed by atoms with Gasteiger partial charge in [0.25, 0.3) is 0 Å². The Morgan fingerprint density at radius 3 is 2.75 bits per heavy atom. The fourth-order valence-corrected chi connectivity index (χ4v) is 1.33. The van der Waals surface area contributed by atoms with E-state index in [2.05, 4.69) is 18.9 Å². The summed E-state index contributed by atoms with van der Waals surface area (Å²) in [5.74, 6) is 0.611. The lowest BCUT2D eigenvalue weighted by molar-refractivity contribution is 0.274. The van der Waals surface area contributed by atoms with Crippen LogP contribution in [0.3, 0.4) is 0 Å². The van der Waals surface area contributed by atoms with Gasteiger partial charge in [0.05, 0.1) is 12.3 Å². The third-order valence-electron chi connectivity index (χ3n) is 1.77. The van der Waals surface area contributed by atoms with Gasteiger partial charge in [-0.1, -0.05) is 13.8 Å². The third kappa shape index (κ3) is 2.08. The molecular formula is C9H16N2O. The molecule has 0 fully saturated rings. The van der Waals surface area contributed by atoms with Crippen LogP contribution in [-0.2, 0) is 20.1 Å².